The Bertz CT molecular complexity index is 715. The molecule has 2 heterocycles. The number of carbonyl (C=O) groups excluding carboxylic acids is 1. The normalized spacial score (nSPS) is 14.0. The van der Waals surface area contributed by atoms with Gasteiger partial charge in [0, 0.05) is 24.2 Å². The summed E-state index contributed by atoms with van der Waals surface area (Å²) in [5.74, 6) is 2.22. The number of nitrogens with zero attached hydrogens (tertiary/aromatic N) is 3. The number of benzene rings is 1. The summed E-state index contributed by atoms with van der Waals surface area (Å²) in [5, 5.41) is 11.5. The van der Waals surface area contributed by atoms with Crippen molar-refractivity contribution in [3.63, 3.8) is 0 Å². The first-order chi connectivity index (χ1) is 11.5. The van der Waals surface area contributed by atoms with Crippen LogP contribution in [0, 0.1) is 5.92 Å². The Hall–Kier alpha value is -1.63. The maximum Gasteiger partial charge on any atom is 0.241 e. The number of amides is 1. The second kappa shape index (κ2) is 9.90. The topological polar surface area (TPSA) is 85.8 Å². The van der Waals surface area contributed by atoms with Crippen molar-refractivity contribution in [2.24, 2.45) is 11.7 Å². The Morgan fingerprint density at radius 3 is 2.54 bits per heavy atom. The minimum Gasteiger partial charge on any atom is -0.325 e. The number of hydrogen-bond donors (Lipinski definition) is 2. The van der Waals surface area contributed by atoms with Gasteiger partial charge in [-0.1, -0.05) is 13.8 Å². The lowest BCUT2D eigenvalue weighted by Gasteiger charge is -2.15. The molecule has 0 unspecified atom stereocenters. The van der Waals surface area contributed by atoms with Crippen molar-refractivity contribution >= 4 is 36.4 Å². The van der Waals surface area contributed by atoms with Crippen LogP contribution in [0.4, 0.5) is 5.69 Å². The molecule has 1 aliphatic heterocycles. The predicted molar refractivity (Wildman–Crippen MR) is 109 cm³/mol. The molecule has 1 aromatic carbocycles. The van der Waals surface area contributed by atoms with E-state index >= 15 is 0 Å². The summed E-state index contributed by atoms with van der Waals surface area (Å²) in [7, 11) is 0. The predicted octanol–water partition coefficient (Wildman–Crippen LogP) is 3.44. The maximum atomic E-state index is 12.1. The zero-order chi connectivity index (χ0) is 17.1. The van der Waals surface area contributed by atoms with E-state index in [4.69, 9.17) is 5.73 Å². The van der Waals surface area contributed by atoms with Crippen molar-refractivity contribution in [3.05, 3.63) is 30.1 Å². The zero-order valence-electron chi connectivity index (χ0n) is 15.1. The number of hydrogen-bond acceptors (Lipinski definition) is 4. The van der Waals surface area contributed by atoms with Crippen LogP contribution in [0.25, 0.3) is 11.4 Å². The van der Waals surface area contributed by atoms with Crippen molar-refractivity contribution in [1.82, 2.24) is 14.8 Å². The minimum atomic E-state index is -0.479. The molecular weight excluding hydrogens is 373 g/mol. The second-order valence-corrected chi connectivity index (χ2v) is 6.85. The fourth-order valence-corrected chi connectivity index (χ4v) is 3.07. The van der Waals surface area contributed by atoms with Gasteiger partial charge in [0.25, 0.3) is 0 Å². The molecule has 0 aliphatic carbocycles. The Kier molecular flexibility index (Phi) is 8.53. The van der Waals surface area contributed by atoms with Gasteiger partial charge < -0.3 is 15.6 Å². The summed E-state index contributed by atoms with van der Waals surface area (Å²) in [6.45, 7) is 5.09. The fraction of sp³-hybridized carbons (Fsp3) is 0.500. The summed E-state index contributed by atoms with van der Waals surface area (Å²) in [4.78, 5) is 12.1. The first-order valence-electron chi connectivity index (χ1n) is 8.63. The van der Waals surface area contributed by atoms with E-state index in [1.807, 2.05) is 24.3 Å². The van der Waals surface area contributed by atoms with Crippen molar-refractivity contribution in [2.45, 2.75) is 52.1 Å². The molecule has 8 heteroatoms. The van der Waals surface area contributed by atoms with Gasteiger partial charge in [0.05, 0.1) is 6.04 Å². The molecule has 26 heavy (non-hydrogen) atoms. The number of carbonyl (C=O) groups is 1. The summed E-state index contributed by atoms with van der Waals surface area (Å²) < 4.78 is 2.19. The van der Waals surface area contributed by atoms with Crippen LogP contribution in [0.3, 0.4) is 0 Å². The number of aryl methyl sites for hydroxylation is 1. The van der Waals surface area contributed by atoms with Crippen molar-refractivity contribution in [3.8, 4) is 11.4 Å². The van der Waals surface area contributed by atoms with Gasteiger partial charge in [0.1, 0.15) is 5.82 Å². The number of fused-ring (bicyclic) bond motifs is 1. The van der Waals surface area contributed by atoms with Gasteiger partial charge >= 0.3 is 0 Å². The third-order valence-electron chi connectivity index (χ3n) is 4.33. The van der Waals surface area contributed by atoms with E-state index in [-0.39, 0.29) is 30.7 Å². The molecule has 1 amide bonds. The monoisotopic (exact) mass is 399 g/mol. The average Bonchev–Trinajstić information content (AvgIpc) is 2.99. The summed E-state index contributed by atoms with van der Waals surface area (Å²) in [5.41, 5.74) is 7.68. The molecule has 1 aliphatic rings. The van der Waals surface area contributed by atoms with Gasteiger partial charge in [0.2, 0.25) is 5.91 Å². The van der Waals surface area contributed by atoms with Gasteiger partial charge in [-0.15, -0.1) is 35.0 Å². The van der Waals surface area contributed by atoms with Crippen LogP contribution in [0.1, 0.15) is 38.9 Å². The van der Waals surface area contributed by atoms with Crippen molar-refractivity contribution in [2.75, 3.05) is 5.32 Å². The van der Waals surface area contributed by atoms with Gasteiger partial charge in [-0.05, 0) is 49.4 Å². The molecule has 0 fully saturated rings. The summed E-state index contributed by atoms with van der Waals surface area (Å²) >= 11 is 0. The smallest absolute Gasteiger partial charge is 0.241 e. The highest BCUT2D eigenvalue weighted by molar-refractivity contribution is 5.94. The molecule has 144 valence electrons. The maximum absolute atomic E-state index is 12.1. The Labute approximate surface area is 166 Å². The van der Waals surface area contributed by atoms with Crippen LogP contribution in [0.2, 0.25) is 0 Å². The first-order valence-corrected chi connectivity index (χ1v) is 8.63. The highest BCUT2D eigenvalue weighted by Crippen LogP contribution is 2.24. The minimum absolute atomic E-state index is 0. The molecule has 2 aromatic rings. The van der Waals surface area contributed by atoms with Crippen molar-refractivity contribution in [1.29, 1.82) is 0 Å². The highest BCUT2D eigenvalue weighted by atomic mass is 35.5. The van der Waals surface area contributed by atoms with Crippen LogP contribution < -0.4 is 11.1 Å². The lowest BCUT2D eigenvalue weighted by molar-refractivity contribution is -0.117. The number of aromatic nitrogens is 3. The van der Waals surface area contributed by atoms with Gasteiger partial charge in [0.15, 0.2) is 5.82 Å². The molecule has 0 spiro atoms. The molecule has 0 saturated heterocycles. The SMILES string of the molecule is CC(C)C[C@H](N)C(=O)Nc1ccc(-c2nnc3n2CCCC3)cc1.Cl.Cl. The van der Waals surface area contributed by atoms with Crippen LogP contribution in [0.5, 0.6) is 0 Å². The average molecular weight is 400 g/mol. The lowest BCUT2D eigenvalue weighted by Crippen LogP contribution is -2.36. The Morgan fingerprint density at radius 1 is 1.19 bits per heavy atom. The van der Waals surface area contributed by atoms with Gasteiger partial charge in [-0.3, -0.25) is 4.79 Å². The van der Waals surface area contributed by atoms with E-state index in [0.717, 1.165) is 35.9 Å². The number of anilines is 1. The molecule has 0 bridgehead atoms. The molecule has 1 aromatic heterocycles. The third kappa shape index (κ3) is 5.19. The third-order valence-corrected chi connectivity index (χ3v) is 4.33. The van der Waals surface area contributed by atoms with Crippen LogP contribution in [-0.4, -0.2) is 26.7 Å². The molecule has 0 radical (unpaired) electrons. The van der Waals surface area contributed by atoms with Gasteiger partial charge in [-0.2, -0.15) is 0 Å². The Balaban J connectivity index is 0.00000169. The molecular formula is C18H27Cl2N5O. The Morgan fingerprint density at radius 2 is 1.88 bits per heavy atom. The summed E-state index contributed by atoms with van der Waals surface area (Å²) in [6, 6.07) is 7.23. The zero-order valence-corrected chi connectivity index (χ0v) is 16.8. The fourth-order valence-electron chi connectivity index (χ4n) is 3.07. The number of rotatable bonds is 5. The van der Waals surface area contributed by atoms with E-state index in [1.165, 1.54) is 12.8 Å². The quantitative estimate of drug-likeness (QED) is 0.805. The molecule has 6 nitrogen and oxygen atoms in total. The van der Waals surface area contributed by atoms with Crippen molar-refractivity contribution < 1.29 is 4.79 Å². The van der Waals surface area contributed by atoms with E-state index in [0.29, 0.717) is 12.3 Å². The molecule has 0 saturated carbocycles. The number of nitrogens with two attached hydrogens (primary N) is 1. The van der Waals surface area contributed by atoms with Crippen LogP contribution >= 0.6 is 24.8 Å². The van der Waals surface area contributed by atoms with Gasteiger partial charge in [-0.25, -0.2) is 0 Å². The van der Waals surface area contributed by atoms with E-state index < -0.39 is 6.04 Å². The largest absolute Gasteiger partial charge is 0.325 e. The second-order valence-electron chi connectivity index (χ2n) is 6.85. The van der Waals surface area contributed by atoms with Crippen LogP contribution in [-0.2, 0) is 17.8 Å². The standard InChI is InChI=1S/C18H25N5O.2ClH/c1-12(2)11-15(19)18(24)20-14-8-6-13(7-9-14)17-22-21-16-5-3-4-10-23(16)17;;/h6-9,12,15H,3-5,10-11,19H2,1-2H3,(H,20,24);2*1H/t15-;;/m0../s1. The first kappa shape index (κ1) is 22.4. The summed E-state index contributed by atoms with van der Waals surface area (Å²) in [6.07, 6.45) is 4.02. The number of nitrogens with one attached hydrogen (secondary N) is 1. The molecule has 3 N–H and O–H groups in total. The number of halogens is 2. The van der Waals surface area contributed by atoms with E-state index in [2.05, 4.69) is 33.9 Å². The molecule has 3 rings (SSSR count). The highest BCUT2D eigenvalue weighted by Gasteiger charge is 2.18. The van der Waals surface area contributed by atoms with E-state index in [1.54, 1.807) is 0 Å². The lowest BCUT2D eigenvalue weighted by atomic mass is 10.0. The molecule has 1 atom stereocenters. The van der Waals surface area contributed by atoms with Crippen LogP contribution in [0.15, 0.2) is 24.3 Å². The van der Waals surface area contributed by atoms with E-state index in [9.17, 15) is 4.79 Å².